The topological polar surface area (TPSA) is 79.9 Å². The van der Waals surface area contributed by atoms with Gasteiger partial charge in [-0.05, 0) is 18.6 Å². The van der Waals surface area contributed by atoms with Crippen molar-refractivity contribution in [2.75, 3.05) is 13.2 Å². The van der Waals surface area contributed by atoms with Gasteiger partial charge in [0.05, 0.1) is 6.61 Å². The smallest absolute Gasteiger partial charge is 0.220 e. The fourth-order valence-electron chi connectivity index (χ4n) is 1.70. The molecule has 1 aromatic carbocycles. The van der Waals surface area contributed by atoms with Gasteiger partial charge in [-0.15, -0.1) is 0 Å². The predicted molar refractivity (Wildman–Crippen MR) is 74.3 cm³/mol. The fraction of sp³-hybridized carbons (Fsp3) is 0.357. The molecule has 1 aromatic heterocycles. The number of H-pyrrole nitrogens is 1. The van der Waals surface area contributed by atoms with Crippen LogP contribution in [0.4, 0.5) is 0 Å². The molecule has 2 rings (SSSR count). The fourth-order valence-corrected chi connectivity index (χ4v) is 1.70. The molecule has 1 amide bonds. The lowest BCUT2D eigenvalue weighted by Gasteiger charge is -2.06. The molecule has 2 aromatic rings. The van der Waals surface area contributed by atoms with Gasteiger partial charge in [-0.25, -0.2) is 4.98 Å². The summed E-state index contributed by atoms with van der Waals surface area (Å²) in [6.45, 7) is 1.10. The minimum Gasteiger partial charge on any atom is -0.494 e. The van der Waals surface area contributed by atoms with E-state index in [1.807, 2.05) is 30.3 Å². The summed E-state index contributed by atoms with van der Waals surface area (Å²) in [5.74, 6) is 1.64. The Bertz CT molecular complexity index is 499. The molecule has 106 valence electrons. The van der Waals surface area contributed by atoms with Gasteiger partial charge in [0.1, 0.15) is 17.9 Å². The molecule has 6 nitrogen and oxygen atoms in total. The number of hydrogen-bond donors (Lipinski definition) is 2. The second-order valence-corrected chi connectivity index (χ2v) is 4.30. The van der Waals surface area contributed by atoms with Crippen LogP contribution in [0.15, 0.2) is 36.7 Å². The zero-order chi connectivity index (χ0) is 14.0. The maximum Gasteiger partial charge on any atom is 0.220 e. The number of aromatic nitrogens is 3. The maximum atomic E-state index is 11.6. The molecule has 0 aliphatic carbocycles. The van der Waals surface area contributed by atoms with E-state index < -0.39 is 0 Å². The Morgan fingerprint density at radius 3 is 2.90 bits per heavy atom. The Balaban J connectivity index is 1.52. The Kier molecular flexibility index (Phi) is 5.57. The zero-order valence-corrected chi connectivity index (χ0v) is 11.2. The van der Waals surface area contributed by atoms with Crippen LogP contribution in [0.1, 0.15) is 18.7 Å². The van der Waals surface area contributed by atoms with Crippen molar-refractivity contribution >= 4 is 5.91 Å². The normalized spacial score (nSPS) is 10.2. The number of carbonyl (C=O) groups is 1. The number of benzene rings is 1. The summed E-state index contributed by atoms with van der Waals surface area (Å²) in [5, 5.41) is 9.33. The molecule has 0 radical (unpaired) electrons. The number of hydrogen-bond acceptors (Lipinski definition) is 4. The third-order valence-electron chi connectivity index (χ3n) is 2.71. The van der Waals surface area contributed by atoms with Crippen LogP contribution in [0.5, 0.6) is 5.75 Å². The summed E-state index contributed by atoms with van der Waals surface area (Å²) >= 11 is 0. The molecule has 1 heterocycles. The van der Waals surface area contributed by atoms with E-state index in [4.69, 9.17) is 4.74 Å². The monoisotopic (exact) mass is 274 g/mol. The lowest BCUT2D eigenvalue weighted by molar-refractivity contribution is -0.121. The van der Waals surface area contributed by atoms with E-state index in [1.165, 1.54) is 6.33 Å². The number of nitrogens with zero attached hydrogens (tertiary/aromatic N) is 2. The molecular weight excluding hydrogens is 256 g/mol. The van der Waals surface area contributed by atoms with Crippen molar-refractivity contribution in [2.45, 2.75) is 19.3 Å². The van der Waals surface area contributed by atoms with Crippen LogP contribution in [0.25, 0.3) is 0 Å². The Labute approximate surface area is 117 Å². The Morgan fingerprint density at radius 2 is 2.15 bits per heavy atom. The van der Waals surface area contributed by atoms with Crippen LogP contribution in [0, 0.1) is 0 Å². The molecule has 20 heavy (non-hydrogen) atoms. The SMILES string of the molecule is O=C(CCCOc1ccccc1)NCCc1ncn[nH]1. The molecule has 0 saturated heterocycles. The van der Waals surface area contributed by atoms with Gasteiger partial charge in [0.15, 0.2) is 0 Å². The highest BCUT2D eigenvalue weighted by Crippen LogP contribution is 2.08. The molecule has 0 spiro atoms. The van der Waals surface area contributed by atoms with E-state index in [9.17, 15) is 4.79 Å². The molecule has 0 aliphatic heterocycles. The van der Waals surface area contributed by atoms with Gasteiger partial charge in [-0.2, -0.15) is 5.10 Å². The van der Waals surface area contributed by atoms with Crippen LogP contribution in [-0.4, -0.2) is 34.2 Å². The lowest BCUT2D eigenvalue weighted by Crippen LogP contribution is -2.26. The van der Waals surface area contributed by atoms with Crippen LogP contribution < -0.4 is 10.1 Å². The lowest BCUT2D eigenvalue weighted by atomic mass is 10.3. The predicted octanol–water partition coefficient (Wildman–Crippen LogP) is 1.32. The van der Waals surface area contributed by atoms with Crippen molar-refractivity contribution in [2.24, 2.45) is 0 Å². The second kappa shape index (κ2) is 7.93. The first kappa shape index (κ1) is 14.0. The summed E-state index contributed by atoms with van der Waals surface area (Å²) in [5.41, 5.74) is 0. The van der Waals surface area contributed by atoms with Gasteiger partial charge in [0.25, 0.3) is 0 Å². The first-order chi connectivity index (χ1) is 9.84. The maximum absolute atomic E-state index is 11.6. The van der Waals surface area contributed by atoms with Gasteiger partial charge in [0.2, 0.25) is 5.91 Å². The van der Waals surface area contributed by atoms with Crippen molar-refractivity contribution < 1.29 is 9.53 Å². The van der Waals surface area contributed by atoms with Crippen LogP contribution in [-0.2, 0) is 11.2 Å². The number of aromatic amines is 1. The molecule has 0 saturated carbocycles. The van der Waals surface area contributed by atoms with Crippen LogP contribution >= 0.6 is 0 Å². The van der Waals surface area contributed by atoms with Crippen LogP contribution in [0.2, 0.25) is 0 Å². The van der Waals surface area contributed by atoms with Crippen molar-refractivity contribution in [1.82, 2.24) is 20.5 Å². The molecule has 2 N–H and O–H groups in total. The summed E-state index contributed by atoms with van der Waals surface area (Å²) in [7, 11) is 0. The highest BCUT2D eigenvalue weighted by molar-refractivity contribution is 5.75. The number of ether oxygens (including phenoxy) is 1. The molecule has 0 fully saturated rings. The van der Waals surface area contributed by atoms with E-state index in [1.54, 1.807) is 0 Å². The third-order valence-corrected chi connectivity index (χ3v) is 2.71. The van der Waals surface area contributed by atoms with Gasteiger partial charge < -0.3 is 10.1 Å². The average molecular weight is 274 g/mol. The van der Waals surface area contributed by atoms with E-state index in [0.29, 0.717) is 32.4 Å². The van der Waals surface area contributed by atoms with Crippen molar-refractivity contribution in [3.05, 3.63) is 42.5 Å². The van der Waals surface area contributed by atoms with Crippen molar-refractivity contribution in [3.8, 4) is 5.75 Å². The Hall–Kier alpha value is -2.37. The zero-order valence-electron chi connectivity index (χ0n) is 11.2. The van der Waals surface area contributed by atoms with Gasteiger partial charge in [-0.1, -0.05) is 18.2 Å². The summed E-state index contributed by atoms with van der Waals surface area (Å²) < 4.78 is 5.52. The van der Waals surface area contributed by atoms with Crippen LogP contribution in [0.3, 0.4) is 0 Å². The number of para-hydroxylation sites is 1. The Morgan fingerprint density at radius 1 is 1.30 bits per heavy atom. The minimum atomic E-state index is 0.0289. The molecule has 6 heteroatoms. The molecular formula is C14H18N4O2. The van der Waals surface area contributed by atoms with E-state index in [0.717, 1.165) is 11.6 Å². The third kappa shape index (κ3) is 5.09. The quantitative estimate of drug-likeness (QED) is 0.712. The molecule has 0 bridgehead atoms. The van der Waals surface area contributed by atoms with Gasteiger partial charge >= 0.3 is 0 Å². The average Bonchev–Trinajstić information content (AvgIpc) is 2.98. The molecule has 0 unspecified atom stereocenters. The van der Waals surface area contributed by atoms with E-state index in [-0.39, 0.29) is 5.91 Å². The highest BCUT2D eigenvalue weighted by Gasteiger charge is 2.02. The summed E-state index contributed by atoms with van der Waals surface area (Å²) in [6.07, 6.45) is 3.27. The van der Waals surface area contributed by atoms with Crippen molar-refractivity contribution in [3.63, 3.8) is 0 Å². The minimum absolute atomic E-state index is 0.0289. The molecule has 0 atom stereocenters. The number of amides is 1. The van der Waals surface area contributed by atoms with E-state index >= 15 is 0 Å². The standard InChI is InChI=1S/C14H18N4O2/c19-14(15-9-8-13-16-11-17-18-13)7-4-10-20-12-5-2-1-3-6-12/h1-3,5-6,11H,4,7-10H2,(H,15,19)(H,16,17,18). The first-order valence-corrected chi connectivity index (χ1v) is 6.63. The molecule has 0 aliphatic rings. The summed E-state index contributed by atoms with van der Waals surface area (Å²) in [4.78, 5) is 15.6. The highest BCUT2D eigenvalue weighted by atomic mass is 16.5. The number of nitrogens with one attached hydrogen (secondary N) is 2. The number of carbonyl (C=O) groups excluding carboxylic acids is 1. The first-order valence-electron chi connectivity index (χ1n) is 6.63. The van der Waals surface area contributed by atoms with Gasteiger partial charge in [0, 0.05) is 19.4 Å². The largest absolute Gasteiger partial charge is 0.494 e. The second-order valence-electron chi connectivity index (χ2n) is 4.30. The van der Waals surface area contributed by atoms with Gasteiger partial charge in [-0.3, -0.25) is 9.89 Å². The van der Waals surface area contributed by atoms with E-state index in [2.05, 4.69) is 20.5 Å². The van der Waals surface area contributed by atoms with Crippen molar-refractivity contribution in [1.29, 1.82) is 0 Å². The number of rotatable bonds is 8. The summed E-state index contributed by atoms with van der Waals surface area (Å²) in [6, 6.07) is 9.58.